The van der Waals surface area contributed by atoms with Crippen LogP contribution in [-0.2, 0) is 0 Å². The van der Waals surface area contributed by atoms with Gasteiger partial charge in [-0.1, -0.05) is 23.2 Å². The lowest BCUT2D eigenvalue weighted by Crippen LogP contribution is -1.91. The summed E-state index contributed by atoms with van der Waals surface area (Å²) in [6.07, 6.45) is 0. The van der Waals surface area contributed by atoms with Gasteiger partial charge in [-0.25, -0.2) is 4.79 Å². The number of non-ortho nitro benzene ring substituents is 1. The van der Waals surface area contributed by atoms with Crippen LogP contribution in [0, 0.1) is 10.1 Å². The van der Waals surface area contributed by atoms with Crippen molar-refractivity contribution in [2.24, 2.45) is 0 Å². The highest BCUT2D eigenvalue weighted by Gasteiger charge is 2.17. The van der Waals surface area contributed by atoms with Gasteiger partial charge >= 0.3 is 5.97 Å². The Labute approximate surface area is 126 Å². The van der Waals surface area contributed by atoms with Crippen LogP contribution in [0.5, 0.6) is 0 Å². The Bertz CT molecular complexity index is 677. The number of halogens is 2. The molecule has 0 amide bonds. The smallest absolute Gasteiger partial charge is 0.371 e. The zero-order chi connectivity index (χ0) is 14.9. The molecule has 2 rings (SSSR count). The highest BCUT2D eigenvalue weighted by molar-refractivity contribution is 7.99. The van der Waals surface area contributed by atoms with Crippen LogP contribution < -0.4 is 0 Å². The zero-order valence-electron chi connectivity index (χ0n) is 9.50. The molecule has 1 aromatic carbocycles. The van der Waals surface area contributed by atoms with E-state index in [-0.39, 0.29) is 26.6 Å². The molecule has 0 spiro atoms. The molecule has 0 fully saturated rings. The predicted octanol–water partition coefficient (Wildman–Crippen LogP) is 4.34. The van der Waals surface area contributed by atoms with Crippen LogP contribution in [0.15, 0.2) is 38.7 Å². The van der Waals surface area contributed by atoms with E-state index in [4.69, 9.17) is 32.7 Å². The number of carboxylic acids is 1. The third kappa shape index (κ3) is 3.06. The first-order chi connectivity index (χ1) is 9.38. The van der Waals surface area contributed by atoms with Gasteiger partial charge in [0.1, 0.15) is 0 Å². The second-order valence-corrected chi connectivity index (χ2v) is 5.35. The zero-order valence-corrected chi connectivity index (χ0v) is 11.8. The van der Waals surface area contributed by atoms with E-state index in [9.17, 15) is 14.9 Å². The molecule has 0 unspecified atom stereocenters. The first-order valence-corrected chi connectivity index (χ1v) is 6.60. The van der Waals surface area contributed by atoms with Gasteiger partial charge < -0.3 is 9.52 Å². The summed E-state index contributed by atoms with van der Waals surface area (Å²) >= 11 is 12.8. The van der Waals surface area contributed by atoms with Crippen molar-refractivity contribution in [3.8, 4) is 0 Å². The highest BCUT2D eigenvalue weighted by Crippen LogP contribution is 2.41. The maximum Gasteiger partial charge on any atom is 0.371 e. The van der Waals surface area contributed by atoms with Crippen LogP contribution in [0.4, 0.5) is 5.69 Å². The number of nitrogens with zero attached hydrogens (tertiary/aromatic N) is 1. The normalized spacial score (nSPS) is 10.5. The number of nitro groups is 1. The second kappa shape index (κ2) is 5.74. The van der Waals surface area contributed by atoms with E-state index < -0.39 is 10.9 Å². The number of aromatic carboxylic acids is 1. The van der Waals surface area contributed by atoms with Crippen LogP contribution >= 0.6 is 35.0 Å². The Hall–Kier alpha value is -1.70. The van der Waals surface area contributed by atoms with Gasteiger partial charge in [-0.15, -0.1) is 0 Å². The molecule has 9 heteroatoms. The summed E-state index contributed by atoms with van der Waals surface area (Å²) in [4.78, 5) is 21.1. The minimum absolute atomic E-state index is 0.0856. The minimum Gasteiger partial charge on any atom is -0.475 e. The molecule has 0 atom stereocenters. The Morgan fingerprint density at radius 1 is 1.30 bits per heavy atom. The molecule has 1 heterocycles. The van der Waals surface area contributed by atoms with E-state index >= 15 is 0 Å². The van der Waals surface area contributed by atoms with Crippen molar-refractivity contribution in [3.63, 3.8) is 0 Å². The summed E-state index contributed by atoms with van der Waals surface area (Å²) in [6, 6.07) is 5.06. The first-order valence-electron chi connectivity index (χ1n) is 5.03. The fourth-order valence-corrected chi connectivity index (χ4v) is 2.83. The van der Waals surface area contributed by atoms with Crippen molar-refractivity contribution in [1.82, 2.24) is 0 Å². The maximum atomic E-state index is 10.7. The molecule has 0 radical (unpaired) electrons. The Morgan fingerprint density at radius 2 is 1.90 bits per heavy atom. The molecule has 6 nitrogen and oxygen atoms in total. The molecule has 1 aromatic heterocycles. The van der Waals surface area contributed by atoms with E-state index in [1.165, 1.54) is 12.1 Å². The molecular weight excluding hydrogens is 329 g/mol. The van der Waals surface area contributed by atoms with Gasteiger partial charge in [0.25, 0.3) is 5.69 Å². The number of furan rings is 1. The molecule has 0 bridgehead atoms. The van der Waals surface area contributed by atoms with Crippen LogP contribution in [0.3, 0.4) is 0 Å². The summed E-state index contributed by atoms with van der Waals surface area (Å²) in [5.41, 5.74) is -0.227. The highest BCUT2D eigenvalue weighted by atomic mass is 35.5. The van der Waals surface area contributed by atoms with E-state index in [1.807, 2.05) is 0 Å². The quantitative estimate of drug-likeness (QED) is 0.660. The van der Waals surface area contributed by atoms with Crippen molar-refractivity contribution in [2.45, 2.75) is 9.99 Å². The number of nitro benzene ring substituents is 1. The predicted molar refractivity (Wildman–Crippen MR) is 72.9 cm³/mol. The summed E-state index contributed by atoms with van der Waals surface area (Å²) < 4.78 is 5.05. The SMILES string of the molecule is O=C(O)c1ccc(Sc2c(Cl)cc([N+](=O)[O-])cc2Cl)o1. The molecule has 0 saturated carbocycles. The summed E-state index contributed by atoms with van der Waals surface area (Å²) in [5, 5.41) is 19.8. The van der Waals surface area contributed by atoms with Gasteiger partial charge in [-0.2, -0.15) is 0 Å². The largest absolute Gasteiger partial charge is 0.475 e. The maximum absolute atomic E-state index is 10.7. The standard InChI is InChI=1S/C11H5Cl2NO5S/c12-6-3-5(14(17)18)4-7(13)10(6)20-9-2-1-8(19-9)11(15)16/h1-4H,(H,15,16). The van der Waals surface area contributed by atoms with Crippen molar-refractivity contribution in [3.05, 3.63) is 50.2 Å². The fourth-order valence-electron chi connectivity index (χ4n) is 1.34. The minimum atomic E-state index is -1.20. The van der Waals surface area contributed by atoms with E-state index in [2.05, 4.69) is 0 Å². The number of hydrogen-bond donors (Lipinski definition) is 1. The third-order valence-electron chi connectivity index (χ3n) is 2.19. The van der Waals surface area contributed by atoms with Crippen LogP contribution in [0.25, 0.3) is 0 Å². The lowest BCUT2D eigenvalue weighted by molar-refractivity contribution is -0.384. The van der Waals surface area contributed by atoms with Crippen LogP contribution in [0.1, 0.15) is 10.6 Å². The van der Waals surface area contributed by atoms with Crippen LogP contribution in [-0.4, -0.2) is 16.0 Å². The molecular formula is C11H5Cl2NO5S. The number of carboxylic acid groups (broad SMARTS) is 1. The Morgan fingerprint density at radius 3 is 2.35 bits per heavy atom. The number of benzene rings is 1. The summed E-state index contributed by atoms with van der Waals surface area (Å²) in [6.45, 7) is 0. The molecule has 104 valence electrons. The lowest BCUT2D eigenvalue weighted by atomic mass is 10.3. The molecule has 20 heavy (non-hydrogen) atoms. The van der Waals surface area contributed by atoms with E-state index in [0.29, 0.717) is 4.90 Å². The van der Waals surface area contributed by atoms with Gasteiger partial charge in [0, 0.05) is 12.1 Å². The van der Waals surface area contributed by atoms with Crippen molar-refractivity contribution < 1.29 is 19.2 Å². The average molecular weight is 334 g/mol. The summed E-state index contributed by atoms with van der Waals surface area (Å²) in [7, 11) is 0. The van der Waals surface area contributed by atoms with Gasteiger partial charge in [-0.05, 0) is 23.9 Å². The van der Waals surface area contributed by atoms with Crippen molar-refractivity contribution in [2.75, 3.05) is 0 Å². The van der Waals surface area contributed by atoms with E-state index in [1.54, 1.807) is 0 Å². The third-order valence-corrected chi connectivity index (χ3v) is 4.07. The lowest BCUT2D eigenvalue weighted by Gasteiger charge is -2.04. The van der Waals surface area contributed by atoms with Gasteiger partial charge in [-0.3, -0.25) is 10.1 Å². The molecule has 0 aliphatic heterocycles. The molecule has 0 aliphatic rings. The number of hydrogen-bond acceptors (Lipinski definition) is 5. The fraction of sp³-hybridized carbons (Fsp3) is 0. The van der Waals surface area contributed by atoms with Crippen molar-refractivity contribution in [1.29, 1.82) is 0 Å². The molecule has 0 saturated heterocycles. The number of rotatable bonds is 4. The number of carbonyl (C=O) groups is 1. The van der Waals surface area contributed by atoms with Gasteiger partial charge in [0.15, 0.2) is 5.09 Å². The first kappa shape index (κ1) is 14.7. The summed E-state index contributed by atoms with van der Waals surface area (Å²) in [5.74, 6) is -1.42. The Balaban J connectivity index is 2.33. The molecule has 1 N–H and O–H groups in total. The van der Waals surface area contributed by atoms with E-state index in [0.717, 1.165) is 23.9 Å². The average Bonchev–Trinajstić information content (AvgIpc) is 2.82. The van der Waals surface area contributed by atoms with Crippen LogP contribution in [0.2, 0.25) is 10.0 Å². The topological polar surface area (TPSA) is 93.6 Å². The van der Waals surface area contributed by atoms with Crippen molar-refractivity contribution >= 4 is 46.6 Å². The molecule has 2 aromatic rings. The van der Waals surface area contributed by atoms with Gasteiger partial charge in [0.05, 0.1) is 19.9 Å². The second-order valence-electron chi connectivity index (χ2n) is 3.52. The Kier molecular flexibility index (Phi) is 4.22. The molecule has 0 aliphatic carbocycles. The van der Waals surface area contributed by atoms with Gasteiger partial charge in [0.2, 0.25) is 5.76 Å². The monoisotopic (exact) mass is 333 g/mol.